The quantitative estimate of drug-likeness (QED) is 0.199. The highest BCUT2D eigenvalue weighted by atomic mass is 32.9. The van der Waals surface area contributed by atoms with Crippen molar-refractivity contribution in [1.82, 2.24) is 0 Å². The smallest absolute Gasteiger partial charge is 0.407 e. The molecule has 25 heavy (non-hydrogen) atoms. The van der Waals surface area contributed by atoms with Crippen LogP contribution in [-0.4, -0.2) is 28.8 Å². The second kappa shape index (κ2) is 7.59. The number of anilines is 1. The number of hydrogen-bond acceptors (Lipinski definition) is 11. The molecule has 1 heterocycles. The van der Waals surface area contributed by atoms with E-state index < -0.39 is 21.7 Å². The largest absolute Gasteiger partial charge is 0.465 e. The highest BCUT2D eigenvalue weighted by Gasteiger charge is 2.29. The Labute approximate surface area is 146 Å². The summed E-state index contributed by atoms with van der Waals surface area (Å²) >= 11 is 0. The van der Waals surface area contributed by atoms with Crippen molar-refractivity contribution in [1.29, 1.82) is 5.41 Å². The van der Waals surface area contributed by atoms with E-state index in [0.717, 1.165) is 27.8 Å². The van der Waals surface area contributed by atoms with Crippen LogP contribution in [0.2, 0.25) is 0 Å². The Hall–Kier alpha value is -3.19. The monoisotopic (exact) mass is 383 g/mol. The lowest BCUT2D eigenvalue weighted by atomic mass is 10.2. The topological polar surface area (TPSA) is 161 Å². The van der Waals surface area contributed by atoms with Gasteiger partial charge in [0.25, 0.3) is 5.69 Å². The Kier molecular flexibility index (Phi) is 5.51. The summed E-state index contributed by atoms with van der Waals surface area (Å²) < 4.78 is 4.37. The molecule has 0 amide bonds. The number of nitro benzene ring substituents is 1. The first kappa shape index (κ1) is 18.2. The summed E-state index contributed by atoms with van der Waals surface area (Å²) in [6, 6.07) is 5.07. The van der Waals surface area contributed by atoms with Crippen LogP contribution in [0.15, 0.2) is 29.4 Å². The molecular formula is C12H9N5O6S2. The molecule has 0 unspecified atom stereocenters. The van der Waals surface area contributed by atoms with Gasteiger partial charge in [0.1, 0.15) is 10.2 Å². The summed E-state index contributed by atoms with van der Waals surface area (Å²) in [5, 5.41) is 33.2. The molecule has 0 atom stereocenters. The van der Waals surface area contributed by atoms with Crippen LogP contribution in [0.1, 0.15) is 15.2 Å². The Morgan fingerprint density at radius 1 is 1.24 bits per heavy atom. The number of non-ortho nitro benzene ring substituents is 1. The van der Waals surface area contributed by atoms with Crippen molar-refractivity contribution < 1.29 is 19.4 Å². The molecule has 0 bridgehead atoms. The number of nitro groups is 2. The van der Waals surface area contributed by atoms with E-state index >= 15 is 0 Å². The minimum atomic E-state index is -0.873. The molecule has 2 N–H and O–H groups in total. The molecule has 0 fully saturated rings. The predicted molar refractivity (Wildman–Crippen MR) is 89.6 cm³/mol. The van der Waals surface area contributed by atoms with Crippen LogP contribution >= 0.6 is 20.7 Å². The van der Waals surface area contributed by atoms with Gasteiger partial charge in [0, 0.05) is 12.1 Å². The third-order valence-electron chi connectivity index (χ3n) is 2.80. The van der Waals surface area contributed by atoms with Crippen LogP contribution in [0.25, 0.3) is 0 Å². The summed E-state index contributed by atoms with van der Waals surface area (Å²) in [5.41, 5.74) is 2.30. The number of rotatable bonds is 5. The van der Waals surface area contributed by atoms with Crippen molar-refractivity contribution in [3.63, 3.8) is 0 Å². The molecule has 0 aliphatic rings. The first-order chi connectivity index (χ1) is 11.8. The zero-order chi connectivity index (χ0) is 18.6. The molecule has 0 saturated heterocycles. The van der Waals surface area contributed by atoms with Crippen molar-refractivity contribution in [2.24, 2.45) is 5.10 Å². The fourth-order valence-electron chi connectivity index (χ4n) is 1.66. The molecular weight excluding hydrogens is 374 g/mol. The Morgan fingerprint density at radius 3 is 2.40 bits per heavy atom. The maximum Gasteiger partial charge on any atom is 0.407 e. The van der Waals surface area contributed by atoms with Gasteiger partial charge < -0.3 is 14.9 Å². The molecule has 0 saturated carbocycles. The molecule has 11 nitrogen and oxygen atoms in total. The molecule has 130 valence electrons. The highest BCUT2D eigenvalue weighted by molar-refractivity contribution is 7.69. The molecule has 1 aromatic carbocycles. The van der Waals surface area contributed by atoms with Gasteiger partial charge in [0.05, 0.1) is 22.8 Å². The predicted octanol–water partition coefficient (Wildman–Crippen LogP) is 2.03. The number of hydrazone groups is 1. The van der Waals surface area contributed by atoms with Gasteiger partial charge >= 0.3 is 11.8 Å². The van der Waals surface area contributed by atoms with Crippen molar-refractivity contribution in [2.75, 3.05) is 12.5 Å². The Bertz CT molecular complexity index is 917. The number of esters is 1. The highest BCUT2D eigenvalue weighted by Crippen LogP contribution is 2.20. The standard InChI is InChI=1S/C12H9N5O6S2/c1-23-12(18)8-9(24-25-10(8)13)11(17(21)22)15-14-6-2-4-7(5-3-6)16(19)20/h2-5,13-14H,1H3. The average Bonchev–Trinajstić information content (AvgIpc) is 2.96. The fourth-order valence-corrected chi connectivity index (χ4v) is 3.84. The molecule has 0 spiro atoms. The number of hydrogen-bond donors (Lipinski definition) is 2. The number of amidine groups is 1. The fraction of sp³-hybridized carbons (Fsp3) is 0.0833. The first-order valence-electron chi connectivity index (χ1n) is 6.34. The zero-order valence-corrected chi connectivity index (χ0v) is 14.1. The van der Waals surface area contributed by atoms with Crippen LogP contribution in [0, 0.1) is 25.6 Å². The van der Waals surface area contributed by atoms with Gasteiger partial charge in [-0.15, -0.1) is 0 Å². The lowest BCUT2D eigenvalue weighted by Gasteiger charge is -2.00. The van der Waals surface area contributed by atoms with Gasteiger partial charge in [-0.2, -0.15) is 5.43 Å². The van der Waals surface area contributed by atoms with E-state index in [9.17, 15) is 25.0 Å². The SMILES string of the molecule is COC(=O)c1c(C(=NNc2ccc([N+](=O)[O-])cc2)[N+](=O)[O-])ssc1=N. The van der Waals surface area contributed by atoms with Crippen LogP contribution in [0.5, 0.6) is 0 Å². The normalized spacial score (nSPS) is 11.0. The Morgan fingerprint density at radius 2 is 1.88 bits per heavy atom. The lowest BCUT2D eigenvalue weighted by molar-refractivity contribution is -0.384. The van der Waals surface area contributed by atoms with E-state index in [1.165, 1.54) is 24.3 Å². The number of methoxy groups -OCH3 is 1. The van der Waals surface area contributed by atoms with Crippen molar-refractivity contribution in [2.45, 2.75) is 0 Å². The Balaban J connectivity index is 2.37. The van der Waals surface area contributed by atoms with E-state index in [0.29, 0.717) is 0 Å². The number of carbonyl (C=O) groups is 1. The van der Waals surface area contributed by atoms with Gasteiger partial charge in [-0.3, -0.25) is 15.5 Å². The number of ether oxygens (including phenoxy) is 1. The van der Waals surface area contributed by atoms with Crippen LogP contribution in [0.4, 0.5) is 11.4 Å². The summed E-state index contributed by atoms with van der Waals surface area (Å²) in [6.45, 7) is 0. The van der Waals surface area contributed by atoms with Crippen molar-refractivity contribution >= 4 is 43.9 Å². The summed E-state index contributed by atoms with van der Waals surface area (Å²) in [5.74, 6) is -1.54. The van der Waals surface area contributed by atoms with Crippen LogP contribution in [0.3, 0.4) is 0 Å². The van der Waals surface area contributed by atoms with E-state index in [1.54, 1.807) is 0 Å². The molecule has 0 radical (unpaired) electrons. The van der Waals surface area contributed by atoms with Gasteiger partial charge in [-0.25, -0.2) is 4.79 Å². The maximum absolute atomic E-state index is 11.7. The molecule has 2 rings (SSSR count). The minimum Gasteiger partial charge on any atom is -0.465 e. The molecule has 2 aromatic rings. The molecule has 0 aliphatic heterocycles. The van der Waals surface area contributed by atoms with E-state index in [1.807, 2.05) is 0 Å². The third-order valence-corrected chi connectivity index (χ3v) is 5.05. The van der Waals surface area contributed by atoms with E-state index in [-0.39, 0.29) is 26.5 Å². The van der Waals surface area contributed by atoms with Crippen LogP contribution in [-0.2, 0) is 4.74 Å². The summed E-state index contributed by atoms with van der Waals surface area (Å²) in [7, 11) is 2.82. The molecule has 13 heteroatoms. The van der Waals surface area contributed by atoms with Crippen molar-refractivity contribution in [3.05, 3.63) is 59.6 Å². The van der Waals surface area contributed by atoms with E-state index in [2.05, 4.69) is 15.3 Å². The molecule has 1 aromatic heterocycles. The molecule has 0 aliphatic carbocycles. The van der Waals surface area contributed by atoms with Gasteiger partial charge in [-0.05, 0) is 17.1 Å². The maximum atomic E-state index is 11.7. The second-order valence-corrected chi connectivity index (χ2v) is 6.45. The third kappa shape index (κ3) is 4.02. The number of nitrogens with zero attached hydrogens (tertiary/aromatic N) is 3. The van der Waals surface area contributed by atoms with E-state index in [4.69, 9.17) is 5.41 Å². The minimum absolute atomic E-state index is 0.110. The summed E-state index contributed by atoms with van der Waals surface area (Å²) in [6.07, 6.45) is 0. The average molecular weight is 383 g/mol. The lowest BCUT2D eigenvalue weighted by Crippen LogP contribution is -2.21. The number of carbonyl (C=O) groups excluding carboxylic acids is 1. The van der Waals surface area contributed by atoms with Gasteiger partial charge in [-0.1, -0.05) is 20.7 Å². The zero-order valence-electron chi connectivity index (χ0n) is 12.4. The summed E-state index contributed by atoms with van der Waals surface area (Å²) in [4.78, 5) is 32.1. The number of benzene rings is 1. The van der Waals surface area contributed by atoms with Gasteiger partial charge in [0.15, 0.2) is 4.88 Å². The second-order valence-electron chi connectivity index (χ2n) is 4.30. The number of nitrogens with one attached hydrogen (secondary N) is 2. The first-order valence-corrected chi connectivity index (χ1v) is 8.49. The van der Waals surface area contributed by atoms with Gasteiger partial charge in [0.2, 0.25) is 0 Å². The van der Waals surface area contributed by atoms with Crippen molar-refractivity contribution in [3.8, 4) is 0 Å². The van der Waals surface area contributed by atoms with Crippen LogP contribution < -0.4 is 10.1 Å².